The van der Waals surface area contributed by atoms with Crippen molar-refractivity contribution in [2.75, 3.05) is 5.73 Å². The summed E-state index contributed by atoms with van der Waals surface area (Å²) in [4.78, 5) is 0. The SMILES string of the molecule is Nc1cc(OC(F)(F)C(F)C(F)(F)F)ccc1F. The summed E-state index contributed by atoms with van der Waals surface area (Å²) >= 11 is 0. The van der Waals surface area contributed by atoms with Crippen LogP contribution in [0.2, 0.25) is 0 Å². The first-order valence-electron chi connectivity index (χ1n) is 4.36. The molecule has 0 fully saturated rings. The van der Waals surface area contributed by atoms with Gasteiger partial charge in [0.2, 0.25) is 0 Å². The van der Waals surface area contributed by atoms with E-state index in [1.54, 1.807) is 0 Å². The number of nitrogens with two attached hydrogens (primary N) is 1. The number of rotatable bonds is 3. The van der Waals surface area contributed by atoms with Crippen molar-refractivity contribution in [1.82, 2.24) is 0 Å². The van der Waals surface area contributed by atoms with E-state index in [9.17, 15) is 30.7 Å². The van der Waals surface area contributed by atoms with E-state index in [2.05, 4.69) is 4.74 Å². The van der Waals surface area contributed by atoms with E-state index < -0.39 is 35.7 Å². The highest BCUT2D eigenvalue weighted by Gasteiger charge is 2.59. The molecular weight excluding hydrogens is 271 g/mol. The van der Waals surface area contributed by atoms with Crippen LogP contribution in [0.3, 0.4) is 0 Å². The van der Waals surface area contributed by atoms with Gasteiger partial charge in [0.1, 0.15) is 11.6 Å². The highest BCUT2D eigenvalue weighted by atomic mass is 19.4. The molecular formula is C9H6F7NO. The van der Waals surface area contributed by atoms with Gasteiger partial charge in [-0.3, -0.25) is 0 Å². The number of hydrogen-bond donors (Lipinski definition) is 1. The molecule has 0 aliphatic rings. The molecule has 1 aromatic carbocycles. The maximum absolute atomic E-state index is 12.8. The molecule has 0 aromatic heterocycles. The van der Waals surface area contributed by atoms with Crippen molar-refractivity contribution in [2.45, 2.75) is 18.5 Å². The van der Waals surface area contributed by atoms with E-state index in [1.165, 1.54) is 0 Å². The molecule has 1 unspecified atom stereocenters. The van der Waals surface area contributed by atoms with Crippen molar-refractivity contribution < 1.29 is 35.5 Å². The smallest absolute Gasteiger partial charge is 0.430 e. The summed E-state index contributed by atoms with van der Waals surface area (Å²) < 4.78 is 89.5. The predicted molar refractivity (Wildman–Crippen MR) is 47.3 cm³/mol. The molecule has 0 aliphatic carbocycles. The number of halogens is 7. The lowest BCUT2D eigenvalue weighted by Gasteiger charge is -2.23. The average Bonchev–Trinajstić information content (AvgIpc) is 2.20. The number of anilines is 1. The molecule has 1 rings (SSSR count). The van der Waals surface area contributed by atoms with E-state index in [-0.39, 0.29) is 0 Å². The first-order valence-corrected chi connectivity index (χ1v) is 4.36. The zero-order valence-corrected chi connectivity index (χ0v) is 8.44. The van der Waals surface area contributed by atoms with Gasteiger partial charge in [-0.1, -0.05) is 0 Å². The van der Waals surface area contributed by atoms with E-state index in [0.29, 0.717) is 18.2 Å². The van der Waals surface area contributed by atoms with Crippen molar-refractivity contribution in [3.05, 3.63) is 24.0 Å². The maximum Gasteiger partial charge on any atom is 0.439 e. The number of nitrogen functional groups attached to an aromatic ring is 1. The van der Waals surface area contributed by atoms with Crippen molar-refractivity contribution in [3.8, 4) is 5.75 Å². The van der Waals surface area contributed by atoms with Crippen LogP contribution in [0.1, 0.15) is 0 Å². The molecule has 9 heteroatoms. The fraction of sp³-hybridized carbons (Fsp3) is 0.333. The lowest BCUT2D eigenvalue weighted by Crippen LogP contribution is -2.45. The summed E-state index contributed by atoms with van der Waals surface area (Å²) in [5.74, 6) is -1.86. The van der Waals surface area contributed by atoms with Crippen molar-refractivity contribution >= 4 is 5.69 Å². The second kappa shape index (κ2) is 4.54. The molecule has 102 valence electrons. The zero-order chi connectivity index (χ0) is 14.1. The molecule has 0 saturated carbocycles. The Hall–Kier alpha value is -1.67. The molecule has 18 heavy (non-hydrogen) atoms. The van der Waals surface area contributed by atoms with Crippen LogP contribution in [0.5, 0.6) is 5.75 Å². The van der Waals surface area contributed by atoms with Crippen LogP contribution in [0.4, 0.5) is 36.4 Å². The third-order valence-corrected chi connectivity index (χ3v) is 1.80. The van der Waals surface area contributed by atoms with Gasteiger partial charge in [-0.2, -0.15) is 22.0 Å². The quantitative estimate of drug-likeness (QED) is 0.679. The van der Waals surface area contributed by atoms with Crippen LogP contribution in [-0.2, 0) is 0 Å². The molecule has 0 bridgehead atoms. The van der Waals surface area contributed by atoms with E-state index in [4.69, 9.17) is 5.73 Å². The topological polar surface area (TPSA) is 35.2 Å². The number of benzene rings is 1. The van der Waals surface area contributed by atoms with Gasteiger partial charge in [-0.15, -0.1) is 0 Å². The number of ether oxygens (including phenoxy) is 1. The van der Waals surface area contributed by atoms with Gasteiger partial charge in [0.25, 0.3) is 6.17 Å². The first-order chi connectivity index (χ1) is 8.04. The van der Waals surface area contributed by atoms with Gasteiger partial charge in [0.05, 0.1) is 5.69 Å². The molecule has 0 spiro atoms. The summed E-state index contributed by atoms with van der Waals surface area (Å²) in [6.07, 6.45) is -15.4. The molecule has 2 nitrogen and oxygen atoms in total. The van der Waals surface area contributed by atoms with Gasteiger partial charge in [-0.25, -0.2) is 8.78 Å². The summed E-state index contributed by atoms with van der Waals surface area (Å²) in [7, 11) is 0. The Morgan fingerprint density at radius 1 is 1.11 bits per heavy atom. The number of alkyl halides is 6. The lowest BCUT2D eigenvalue weighted by molar-refractivity contribution is -0.304. The van der Waals surface area contributed by atoms with E-state index in [1.807, 2.05) is 0 Å². The third kappa shape index (κ3) is 3.17. The molecule has 1 atom stereocenters. The molecule has 0 saturated heterocycles. The van der Waals surface area contributed by atoms with Gasteiger partial charge >= 0.3 is 12.3 Å². The minimum Gasteiger partial charge on any atom is -0.430 e. The minimum atomic E-state index is -5.78. The summed E-state index contributed by atoms with van der Waals surface area (Å²) in [5, 5.41) is 0. The summed E-state index contributed by atoms with van der Waals surface area (Å²) in [5.41, 5.74) is 4.37. The first kappa shape index (κ1) is 14.4. The van der Waals surface area contributed by atoms with Crippen LogP contribution >= 0.6 is 0 Å². The van der Waals surface area contributed by atoms with Crippen LogP contribution in [0.25, 0.3) is 0 Å². The van der Waals surface area contributed by atoms with Crippen LogP contribution in [0, 0.1) is 5.82 Å². The number of hydrogen-bond acceptors (Lipinski definition) is 2. The van der Waals surface area contributed by atoms with Crippen molar-refractivity contribution in [2.24, 2.45) is 0 Å². The minimum absolute atomic E-state index is 0.520. The van der Waals surface area contributed by atoms with Gasteiger partial charge in [-0.05, 0) is 12.1 Å². The highest BCUT2D eigenvalue weighted by molar-refractivity contribution is 5.45. The van der Waals surface area contributed by atoms with Crippen LogP contribution in [0.15, 0.2) is 18.2 Å². The van der Waals surface area contributed by atoms with Gasteiger partial charge in [0.15, 0.2) is 0 Å². The Kier molecular flexibility index (Phi) is 3.63. The Labute approximate surface area is 96.1 Å². The Balaban J connectivity index is 2.91. The second-order valence-corrected chi connectivity index (χ2v) is 3.25. The molecule has 0 amide bonds. The van der Waals surface area contributed by atoms with Crippen molar-refractivity contribution in [1.29, 1.82) is 0 Å². The predicted octanol–water partition coefficient (Wildman–Crippen LogP) is 3.28. The zero-order valence-electron chi connectivity index (χ0n) is 8.44. The van der Waals surface area contributed by atoms with Crippen LogP contribution < -0.4 is 10.5 Å². The Bertz CT molecular complexity index is 431. The average molecular weight is 277 g/mol. The highest BCUT2D eigenvalue weighted by Crippen LogP contribution is 2.36. The lowest BCUT2D eigenvalue weighted by atomic mass is 10.3. The van der Waals surface area contributed by atoms with Crippen LogP contribution in [-0.4, -0.2) is 18.5 Å². The standard InChI is InChI=1S/C9H6F7NO/c10-5-2-1-4(3-6(5)17)18-9(15,16)7(11)8(12,13)14/h1-3,7H,17H2. The molecule has 1 aromatic rings. The van der Waals surface area contributed by atoms with Crippen molar-refractivity contribution in [3.63, 3.8) is 0 Å². The Morgan fingerprint density at radius 2 is 1.67 bits per heavy atom. The molecule has 0 aliphatic heterocycles. The fourth-order valence-corrected chi connectivity index (χ4v) is 0.985. The fourth-order valence-electron chi connectivity index (χ4n) is 0.985. The maximum atomic E-state index is 12.8. The van der Waals surface area contributed by atoms with E-state index in [0.717, 1.165) is 0 Å². The monoisotopic (exact) mass is 277 g/mol. The largest absolute Gasteiger partial charge is 0.439 e. The molecule has 0 radical (unpaired) electrons. The normalized spacial score (nSPS) is 14.4. The second-order valence-electron chi connectivity index (χ2n) is 3.25. The molecule has 2 N–H and O–H groups in total. The van der Waals surface area contributed by atoms with Gasteiger partial charge < -0.3 is 10.5 Å². The third-order valence-electron chi connectivity index (χ3n) is 1.80. The summed E-state index contributed by atoms with van der Waals surface area (Å²) in [6, 6.07) is 1.72. The summed E-state index contributed by atoms with van der Waals surface area (Å²) in [6.45, 7) is 0. The van der Waals surface area contributed by atoms with E-state index >= 15 is 0 Å². The van der Waals surface area contributed by atoms with Gasteiger partial charge in [0, 0.05) is 6.07 Å². The Morgan fingerprint density at radius 3 is 2.11 bits per heavy atom. The molecule has 0 heterocycles.